The van der Waals surface area contributed by atoms with Gasteiger partial charge in [0.15, 0.2) is 0 Å². The maximum atomic E-state index is 13.0. The molecule has 0 aliphatic carbocycles. The molecule has 0 N–H and O–H groups in total. The Morgan fingerprint density at radius 1 is 1.08 bits per heavy atom. The molecule has 1 aliphatic heterocycles. The van der Waals surface area contributed by atoms with Crippen LogP contribution in [-0.2, 0) is 4.74 Å². The van der Waals surface area contributed by atoms with E-state index in [1.807, 2.05) is 40.9 Å². The molecular formula is C20H20ClNO3S. The maximum Gasteiger partial charge on any atom is 0.338 e. The Kier molecular flexibility index (Phi) is 6.22. The molecule has 0 saturated carbocycles. The van der Waals surface area contributed by atoms with E-state index in [2.05, 4.69) is 0 Å². The average Bonchev–Trinajstić information content (AvgIpc) is 2.93. The van der Waals surface area contributed by atoms with Crippen LogP contribution < -0.4 is 0 Å². The van der Waals surface area contributed by atoms with Crippen LogP contribution in [0.5, 0.6) is 0 Å². The summed E-state index contributed by atoms with van der Waals surface area (Å²) >= 11 is 8.14. The van der Waals surface area contributed by atoms with E-state index in [9.17, 15) is 9.59 Å². The maximum absolute atomic E-state index is 13.0. The van der Waals surface area contributed by atoms with E-state index >= 15 is 0 Å². The molecule has 26 heavy (non-hydrogen) atoms. The fourth-order valence-electron chi connectivity index (χ4n) is 3.09. The van der Waals surface area contributed by atoms with E-state index in [4.69, 9.17) is 16.3 Å². The molecule has 1 amide bonds. The van der Waals surface area contributed by atoms with Gasteiger partial charge < -0.3 is 9.64 Å². The van der Waals surface area contributed by atoms with Gasteiger partial charge in [0.2, 0.25) is 0 Å². The molecule has 136 valence electrons. The van der Waals surface area contributed by atoms with Crippen LogP contribution in [0.4, 0.5) is 0 Å². The zero-order valence-electron chi connectivity index (χ0n) is 14.5. The number of hydrogen-bond donors (Lipinski definition) is 0. The third-order valence-electron chi connectivity index (χ3n) is 4.44. The summed E-state index contributed by atoms with van der Waals surface area (Å²) in [6, 6.07) is 14.7. The summed E-state index contributed by atoms with van der Waals surface area (Å²) in [5.41, 5.74) is 1.81. The number of rotatable bonds is 3. The highest BCUT2D eigenvalue weighted by molar-refractivity contribution is 7.99. The lowest BCUT2D eigenvalue weighted by atomic mass is 10.1. The number of amides is 1. The molecule has 6 heteroatoms. The Balaban J connectivity index is 1.77. The Hall–Kier alpha value is -1.98. The summed E-state index contributed by atoms with van der Waals surface area (Å²) in [4.78, 5) is 26.7. The molecular weight excluding hydrogens is 370 g/mol. The van der Waals surface area contributed by atoms with Crippen molar-refractivity contribution in [2.24, 2.45) is 0 Å². The summed E-state index contributed by atoms with van der Waals surface area (Å²) in [6.45, 7) is 1.26. The van der Waals surface area contributed by atoms with Crippen molar-refractivity contribution < 1.29 is 14.3 Å². The molecule has 0 aromatic heterocycles. The van der Waals surface area contributed by atoms with E-state index < -0.39 is 5.97 Å². The Morgan fingerprint density at radius 3 is 2.50 bits per heavy atom. The number of nitrogens with zero attached hydrogens (tertiary/aromatic N) is 1. The van der Waals surface area contributed by atoms with Gasteiger partial charge in [-0.3, -0.25) is 4.79 Å². The van der Waals surface area contributed by atoms with E-state index in [-0.39, 0.29) is 11.2 Å². The standard InChI is InChI=1S/C20H20ClNO3S/c1-25-20(24)15-7-3-2-6-14(15)19(23)22-11-10-18(26-13-12-22)16-8-4-5-9-17(16)21/h2-9,18H,10-13H2,1H3/t18-/m0/s1. The Morgan fingerprint density at radius 2 is 1.77 bits per heavy atom. The van der Waals surface area contributed by atoms with Gasteiger partial charge in [0.25, 0.3) is 5.91 Å². The van der Waals surface area contributed by atoms with Crippen molar-refractivity contribution in [2.45, 2.75) is 11.7 Å². The molecule has 1 aliphatic rings. The van der Waals surface area contributed by atoms with Crippen molar-refractivity contribution in [1.29, 1.82) is 0 Å². The summed E-state index contributed by atoms with van der Waals surface area (Å²) in [6.07, 6.45) is 0.820. The van der Waals surface area contributed by atoms with Gasteiger partial charge in [-0.15, -0.1) is 0 Å². The van der Waals surface area contributed by atoms with Crippen LogP contribution in [-0.4, -0.2) is 42.7 Å². The second-order valence-electron chi connectivity index (χ2n) is 6.00. The van der Waals surface area contributed by atoms with Crippen molar-refractivity contribution in [3.05, 3.63) is 70.2 Å². The quantitative estimate of drug-likeness (QED) is 0.728. The molecule has 2 aromatic carbocycles. The first kappa shape index (κ1) is 18.8. The number of carbonyl (C=O) groups excluding carboxylic acids is 2. The molecule has 1 fully saturated rings. The normalized spacial score (nSPS) is 17.5. The van der Waals surface area contributed by atoms with Gasteiger partial charge in [-0.25, -0.2) is 4.79 Å². The van der Waals surface area contributed by atoms with E-state index in [1.165, 1.54) is 7.11 Å². The molecule has 0 spiro atoms. The van der Waals surface area contributed by atoms with E-state index in [1.54, 1.807) is 24.3 Å². The van der Waals surface area contributed by atoms with Crippen molar-refractivity contribution >= 4 is 35.2 Å². The van der Waals surface area contributed by atoms with Crippen molar-refractivity contribution in [2.75, 3.05) is 26.0 Å². The summed E-state index contributed by atoms with van der Waals surface area (Å²) in [5, 5.41) is 1.03. The highest BCUT2D eigenvalue weighted by Crippen LogP contribution is 2.38. The first-order valence-corrected chi connectivity index (χ1v) is 9.87. The molecule has 3 rings (SSSR count). The molecule has 2 aromatic rings. The Bertz CT molecular complexity index is 811. The first-order valence-electron chi connectivity index (χ1n) is 8.44. The fourth-order valence-corrected chi connectivity index (χ4v) is 4.69. The third-order valence-corrected chi connectivity index (χ3v) is 6.10. The van der Waals surface area contributed by atoms with Crippen LogP contribution in [0.1, 0.15) is 38.0 Å². The third kappa shape index (κ3) is 4.05. The van der Waals surface area contributed by atoms with Crippen LogP contribution in [0.15, 0.2) is 48.5 Å². The zero-order chi connectivity index (χ0) is 18.5. The minimum Gasteiger partial charge on any atom is -0.465 e. The molecule has 1 atom stereocenters. The molecule has 0 bridgehead atoms. The van der Waals surface area contributed by atoms with Gasteiger partial charge in [0.1, 0.15) is 0 Å². The highest BCUT2D eigenvalue weighted by atomic mass is 35.5. The van der Waals surface area contributed by atoms with Crippen LogP contribution in [0.25, 0.3) is 0 Å². The number of hydrogen-bond acceptors (Lipinski definition) is 4. The van der Waals surface area contributed by atoms with Gasteiger partial charge in [-0.1, -0.05) is 41.9 Å². The highest BCUT2D eigenvalue weighted by Gasteiger charge is 2.26. The lowest BCUT2D eigenvalue weighted by Crippen LogP contribution is -2.34. The number of benzene rings is 2. The molecule has 1 saturated heterocycles. The van der Waals surface area contributed by atoms with Crippen molar-refractivity contribution in [3.8, 4) is 0 Å². The molecule has 0 unspecified atom stereocenters. The van der Waals surface area contributed by atoms with Gasteiger partial charge in [-0.2, -0.15) is 11.8 Å². The predicted octanol–water partition coefficient (Wildman–Crippen LogP) is 4.45. The number of ether oxygens (including phenoxy) is 1. The fraction of sp³-hybridized carbons (Fsp3) is 0.300. The first-order chi connectivity index (χ1) is 12.6. The van der Waals surface area contributed by atoms with Crippen molar-refractivity contribution in [3.63, 3.8) is 0 Å². The van der Waals surface area contributed by atoms with Gasteiger partial charge in [0.05, 0.1) is 18.2 Å². The van der Waals surface area contributed by atoms with Crippen molar-refractivity contribution in [1.82, 2.24) is 4.90 Å². The topological polar surface area (TPSA) is 46.6 Å². The van der Waals surface area contributed by atoms with Crippen LogP contribution in [0.2, 0.25) is 5.02 Å². The van der Waals surface area contributed by atoms with E-state index in [0.717, 1.165) is 22.8 Å². The van der Waals surface area contributed by atoms with Crippen LogP contribution in [0, 0.1) is 0 Å². The van der Waals surface area contributed by atoms with Crippen LogP contribution in [0.3, 0.4) is 0 Å². The minimum atomic E-state index is -0.493. The number of halogens is 1. The smallest absolute Gasteiger partial charge is 0.338 e. The second kappa shape index (κ2) is 8.60. The minimum absolute atomic E-state index is 0.133. The summed E-state index contributed by atoms with van der Waals surface area (Å²) in [5.74, 6) is 0.195. The lowest BCUT2D eigenvalue weighted by molar-refractivity contribution is 0.0590. The van der Waals surface area contributed by atoms with E-state index in [0.29, 0.717) is 24.2 Å². The van der Waals surface area contributed by atoms with Crippen LogP contribution >= 0.6 is 23.4 Å². The average molecular weight is 390 g/mol. The number of methoxy groups -OCH3 is 1. The van der Waals surface area contributed by atoms with Gasteiger partial charge in [-0.05, 0) is 30.2 Å². The number of esters is 1. The number of thioether (sulfide) groups is 1. The lowest BCUT2D eigenvalue weighted by Gasteiger charge is -2.21. The predicted molar refractivity (Wildman–Crippen MR) is 105 cm³/mol. The SMILES string of the molecule is COC(=O)c1ccccc1C(=O)N1CCS[C@H](c2ccccc2Cl)CC1. The number of carbonyl (C=O) groups is 2. The second-order valence-corrected chi connectivity index (χ2v) is 7.72. The monoisotopic (exact) mass is 389 g/mol. The molecule has 1 heterocycles. The van der Waals surface area contributed by atoms with Gasteiger partial charge >= 0.3 is 5.97 Å². The summed E-state index contributed by atoms with van der Waals surface area (Å²) in [7, 11) is 1.32. The largest absolute Gasteiger partial charge is 0.465 e. The molecule has 4 nitrogen and oxygen atoms in total. The molecule has 0 radical (unpaired) electrons. The van der Waals surface area contributed by atoms with Gasteiger partial charge in [0, 0.05) is 29.1 Å². The Labute approximate surface area is 162 Å². The summed E-state index contributed by atoms with van der Waals surface area (Å²) < 4.78 is 4.80. The zero-order valence-corrected chi connectivity index (χ0v) is 16.1.